The summed E-state index contributed by atoms with van der Waals surface area (Å²) in [7, 11) is 1.64. The predicted molar refractivity (Wildman–Crippen MR) is 73.3 cm³/mol. The molecule has 0 radical (unpaired) electrons. The van der Waals surface area contributed by atoms with Gasteiger partial charge in [-0.2, -0.15) is 0 Å². The van der Waals surface area contributed by atoms with Gasteiger partial charge in [0.2, 0.25) is 0 Å². The third-order valence-corrected chi connectivity index (χ3v) is 3.16. The van der Waals surface area contributed by atoms with Crippen LogP contribution < -0.4 is 4.74 Å². The van der Waals surface area contributed by atoms with E-state index in [0.717, 1.165) is 22.4 Å². The number of nitrogens with zero attached hydrogens (tertiary/aromatic N) is 2. The number of aliphatic hydroxyl groups excluding tert-OH is 1. The number of rotatable bonds is 3. The number of aliphatic hydroxyl groups is 1. The van der Waals surface area contributed by atoms with E-state index in [1.807, 2.05) is 32.9 Å². The van der Waals surface area contributed by atoms with E-state index in [2.05, 4.69) is 9.97 Å². The Labute approximate surface area is 113 Å². The van der Waals surface area contributed by atoms with Crippen molar-refractivity contribution in [2.24, 2.45) is 0 Å². The SMILES string of the molecule is COc1cc(C)c(C(O)c2ccnc(C)n2)cc1C. The van der Waals surface area contributed by atoms with Gasteiger partial charge >= 0.3 is 0 Å². The van der Waals surface area contributed by atoms with Gasteiger partial charge in [0.05, 0.1) is 12.8 Å². The molecule has 1 heterocycles. The molecule has 2 rings (SSSR count). The summed E-state index contributed by atoms with van der Waals surface area (Å²) in [5.74, 6) is 1.48. The van der Waals surface area contributed by atoms with Gasteiger partial charge in [0.25, 0.3) is 0 Å². The fourth-order valence-corrected chi connectivity index (χ4v) is 2.11. The largest absolute Gasteiger partial charge is 0.496 e. The molecule has 0 aliphatic rings. The number of ether oxygens (including phenoxy) is 1. The highest BCUT2D eigenvalue weighted by Gasteiger charge is 2.16. The first kappa shape index (κ1) is 13.5. The van der Waals surface area contributed by atoms with Crippen LogP contribution in [0.3, 0.4) is 0 Å². The van der Waals surface area contributed by atoms with Crippen molar-refractivity contribution in [3.63, 3.8) is 0 Å². The molecule has 1 atom stereocenters. The van der Waals surface area contributed by atoms with Gasteiger partial charge in [0.15, 0.2) is 0 Å². The van der Waals surface area contributed by atoms with Crippen molar-refractivity contribution in [3.05, 3.63) is 52.6 Å². The molecule has 100 valence electrons. The zero-order valence-electron chi connectivity index (χ0n) is 11.6. The number of aryl methyl sites for hydroxylation is 3. The molecule has 1 aromatic heterocycles. The van der Waals surface area contributed by atoms with Crippen molar-refractivity contribution >= 4 is 0 Å². The summed E-state index contributed by atoms with van der Waals surface area (Å²) in [5, 5.41) is 10.5. The Hall–Kier alpha value is -1.94. The lowest BCUT2D eigenvalue weighted by atomic mass is 9.98. The van der Waals surface area contributed by atoms with Gasteiger partial charge in [-0.25, -0.2) is 9.97 Å². The van der Waals surface area contributed by atoms with Crippen molar-refractivity contribution in [3.8, 4) is 5.75 Å². The molecule has 1 aromatic carbocycles. The van der Waals surface area contributed by atoms with Crippen LogP contribution in [0.25, 0.3) is 0 Å². The van der Waals surface area contributed by atoms with Crippen LogP contribution in [0.5, 0.6) is 5.75 Å². The van der Waals surface area contributed by atoms with Gasteiger partial charge in [0.1, 0.15) is 17.7 Å². The fourth-order valence-electron chi connectivity index (χ4n) is 2.11. The minimum absolute atomic E-state index is 0.611. The lowest BCUT2D eigenvalue weighted by molar-refractivity contribution is 0.214. The van der Waals surface area contributed by atoms with Crippen LogP contribution in [-0.4, -0.2) is 22.2 Å². The van der Waals surface area contributed by atoms with E-state index < -0.39 is 6.10 Å². The highest BCUT2D eigenvalue weighted by molar-refractivity contribution is 5.44. The summed E-state index contributed by atoms with van der Waals surface area (Å²) < 4.78 is 5.28. The molecule has 1 N–H and O–H groups in total. The third kappa shape index (κ3) is 2.74. The van der Waals surface area contributed by atoms with Crippen LogP contribution in [-0.2, 0) is 0 Å². The zero-order valence-corrected chi connectivity index (χ0v) is 11.6. The maximum absolute atomic E-state index is 10.5. The number of methoxy groups -OCH3 is 1. The second kappa shape index (κ2) is 5.36. The maximum Gasteiger partial charge on any atom is 0.125 e. The highest BCUT2D eigenvalue weighted by atomic mass is 16.5. The standard InChI is InChI=1S/C15H18N2O2/c1-9-8-14(19-4)10(2)7-12(9)15(18)13-5-6-16-11(3)17-13/h5-8,15,18H,1-4H3. The first-order valence-electron chi connectivity index (χ1n) is 6.15. The van der Waals surface area contributed by atoms with Crippen LogP contribution in [0, 0.1) is 20.8 Å². The van der Waals surface area contributed by atoms with Gasteiger partial charge < -0.3 is 9.84 Å². The normalized spacial score (nSPS) is 12.3. The summed E-state index contributed by atoms with van der Waals surface area (Å²) in [5.41, 5.74) is 3.43. The molecule has 19 heavy (non-hydrogen) atoms. The van der Waals surface area contributed by atoms with Crippen LogP contribution >= 0.6 is 0 Å². The molecular formula is C15H18N2O2. The minimum Gasteiger partial charge on any atom is -0.496 e. The van der Waals surface area contributed by atoms with Crippen LogP contribution in [0.4, 0.5) is 0 Å². The first-order chi connectivity index (χ1) is 9.02. The molecule has 0 amide bonds. The van der Waals surface area contributed by atoms with Crippen molar-refractivity contribution in [2.45, 2.75) is 26.9 Å². The van der Waals surface area contributed by atoms with Crippen molar-refractivity contribution in [1.82, 2.24) is 9.97 Å². The average Bonchev–Trinajstić information content (AvgIpc) is 2.40. The predicted octanol–water partition coefficient (Wildman–Crippen LogP) is 2.49. The fraction of sp³-hybridized carbons (Fsp3) is 0.333. The number of aromatic nitrogens is 2. The Balaban J connectivity index is 2.44. The van der Waals surface area contributed by atoms with E-state index in [1.165, 1.54) is 0 Å². The second-order valence-electron chi connectivity index (χ2n) is 4.61. The second-order valence-corrected chi connectivity index (χ2v) is 4.61. The highest BCUT2D eigenvalue weighted by Crippen LogP contribution is 2.29. The molecule has 2 aromatic rings. The summed E-state index contributed by atoms with van der Waals surface area (Å²) in [4.78, 5) is 8.31. The average molecular weight is 258 g/mol. The maximum atomic E-state index is 10.5. The van der Waals surface area contributed by atoms with Crippen molar-refractivity contribution in [1.29, 1.82) is 0 Å². The smallest absolute Gasteiger partial charge is 0.125 e. The Morgan fingerprint density at radius 1 is 1.16 bits per heavy atom. The minimum atomic E-state index is -0.744. The molecule has 0 spiro atoms. The van der Waals surface area contributed by atoms with E-state index in [4.69, 9.17) is 4.74 Å². The lowest BCUT2D eigenvalue weighted by Crippen LogP contribution is -2.06. The molecule has 1 unspecified atom stereocenters. The summed E-state index contributed by atoms with van der Waals surface area (Å²) >= 11 is 0. The third-order valence-electron chi connectivity index (χ3n) is 3.16. The van der Waals surface area contributed by atoms with E-state index in [9.17, 15) is 5.11 Å². The Bertz CT molecular complexity index is 597. The molecule has 0 aliphatic carbocycles. The molecule has 4 nitrogen and oxygen atoms in total. The van der Waals surface area contributed by atoms with Gasteiger partial charge in [-0.15, -0.1) is 0 Å². The topological polar surface area (TPSA) is 55.2 Å². The molecule has 0 fully saturated rings. The summed E-state index contributed by atoms with van der Waals surface area (Å²) in [6.45, 7) is 5.72. The van der Waals surface area contributed by atoms with Crippen LogP contribution in [0.2, 0.25) is 0 Å². The Morgan fingerprint density at radius 3 is 2.53 bits per heavy atom. The van der Waals surface area contributed by atoms with E-state index >= 15 is 0 Å². The van der Waals surface area contributed by atoms with Crippen molar-refractivity contribution < 1.29 is 9.84 Å². The molecule has 0 saturated carbocycles. The van der Waals surface area contributed by atoms with E-state index in [-0.39, 0.29) is 0 Å². The quantitative estimate of drug-likeness (QED) is 0.919. The van der Waals surface area contributed by atoms with E-state index in [1.54, 1.807) is 19.4 Å². The Morgan fingerprint density at radius 2 is 1.89 bits per heavy atom. The van der Waals surface area contributed by atoms with Gasteiger partial charge in [0, 0.05) is 6.20 Å². The summed E-state index contributed by atoms with van der Waals surface area (Å²) in [6, 6.07) is 5.61. The van der Waals surface area contributed by atoms with Gasteiger partial charge in [-0.3, -0.25) is 0 Å². The molecule has 0 aliphatic heterocycles. The summed E-state index contributed by atoms with van der Waals surface area (Å²) in [6.07, 6.45) is 0.915. The monoisotopic (exact) mass is 258 g/mol. The molecule has 0 saturated heterocycles. The van der Waals surface area contributed by atoms with Crippen molar-refractivity contribution in [2.75, 3.05) is 7.11 Å². The number of benzene rings is 1. The molecule has 0 bridgehead atoms. The number of hydrogen-bond donors (Lipinski definition) is 1. The zero-order chi connectivity index (χ0) is 14.0. The lowest BCUT2D eigenvalue weighted by Gasteiger charge is -2.16. The molecule has 4 heteroatoms. The van der Waals surface area contributed by atoms with Crippen LogP contribution in [0.1, 0.15) is 34.3 Å². The van der Waals surface area contributed by atoms with Gasteiger partial charge in [-0.05, 0) is 55.7 Å². The molecular weight excluding hydrogens is 240 g/mol. The van der Waals surface area contributed by atoms with Crippen LogP contribution in [0.15, 0.2) is 24.4 Å². The first-order valence-corrected chi connectivity index (χ1v) is 6.15. The van der Waals surface area contributed by atoms with E-state index in [0.29, 0.717) is 11.5 Å². The van der Waals surface area contributed by atoms with Gasteiger partial charge in [-0.1, -0.05) is 0 Å². The Kier molecular flexibility index (Phi) is 3.81. The number of hydrogen-bond acceptors (Lipinski definition) is 4.